The number of methoxy groups -OCH3 is 1. The molecule has 0 spiro atoms. The maximum absolute atomic E-state index is 12.5. The Labute approximate surface area is 184 Å². The number of amides is 3. The van der Waals surface area contributed by atoms with Crippen molar-refractivity contribution in [2.24, 2.45) is 4.99 Å². The number of rotatable bonds is 6. The molecule has 0 bridgehead atoms. The summed E-state index contributed by atoms with van der Waals surface area (Å²) in [5.41, 5.74) is 0.181. The molecule has 3 amide bonds. The number of guanidine groups is 1. The lowest BCUT2D eigenvalue weighted by molar-refractivity contribution is -0.119. The van der Waals surface area contributed by atoms with Gasteiger partial charge in [-0.25, -0.2) is 9.79 Å². The minimum atomic E-state index is -4.11. The van der Waals surface area contributed by atoms with E-state index < -0.39 is 28.0 Å². The van der Waals surface area contributed by atoms with E-state index in [4.69, 9.17) is 4.18 Å². The zero-order valence-electron chi connectivity index (χ0n) is 17.5. The number of anilines is 1. The molecule has 0 aliphatic heterocycles. The summed E-state index contributed by atoms with van der Waals surface area (Å²) < 4.78 is 34.6. The van der Waals surface area contributed by atoms with E-state index in [0.717, 1.165) is 7.11 Å². The van der Waals surface area contributed by atoms with E-state index in [9.17, 15) is 22.8 Å². The van der Waals surface area contributed by atoms with Gasteiger partial charge < -0.3 is 14.2 Å². The van der Waals surface area contributed by atoms with Crippen LogP contribution >= 0.6 is 0 Å². The van der Waals surface area contributed by atoms with Gasteiger partial charge in [0.15, 0.2) is 0 Å². The third kappa shape index (κ3) is 7.09. The number of nitrogens with one attached hydrogen (secondary N) is 3. The Balaban J connectivity index is 2.44. The van der Waals surface area contributed by atoms with Crippen LogP contribution in [0.1, 0.15) is 20.3 Å². The Morgan fingerprint density at radius 1 is 1.03 bits per heavy atom. The fourth-order valence-corrected chi connectivity index (χ4v) is 3.24. The fourth-order valence-electron chi connectivity index (χ4n) is 2.29. The molecule has 0 atom stereocenters. The summed E-state index contributed by atoms with van der Waals surface area (Å²) in [7, 11) is -2.98. The smallest absolute Gasteiger partial charge is 0.413 e. The zero-order chi connectivity index (χ0) is 23.7. The van der Waals surface area contributed by atoms with Crippen LogP contribution in [0.5, 0.6) is 5.75 Å². The van der Waals surface area contributed by atoms with Crippen molar-refractivity contribution >= 4 is 45.4 Å². The second kappa shape index (κ2) is 10.9. The SMILES string of the molecule is CCC(=O)NC(=Nc1ccc(OS(=O)(=O)c2ccccc2)cc1NC(C)=O)NC(=O)OC. The van der Waals surface area contributed by atoms with Crippen LogP contribution in [0.3, 0.4) is 0 Å². The van der Waals surface area contributed by atoms with Gasteiger partial charge in [0.25, 0.3) is 0 Å². The number of hydrogen-bond acceptors (Lipinski definition) is 8. The van der Waals surface area contributed by atoms with E-state index in [1.165, 1.54) is 37.3 Å². The van der Waals surface area contributed by atoms with Crippen molar-refractivity contribution in [1.82, 2.24) is 10.6 Å². The topological polar surface area (TPSA) is 152 Å². The molecular weight excluding hydrogens is 440 g/mol. The highest BCUT2D eigenvalue weighted by atomic mass is 32.2. The third-order valence-electron chi connectivity index (χ3n) is 3.73. The molecule has 0 unspecified atom stereocenters. The summed E-state index contributed by atoms with van der Waals surface area (Å²) in [6.07, 6.45) is -0.764. The Morgan fingerprint density at radius 2 is 1.72 bits per heavy atom. The highest BCUT2D eigenvalue weighted by Gasteiger charge is 2.18. The lowest BCUT2D eigenvalue weighted by Gasteiger charge is -2.13. The quantitative estimate of drug-likeness (QED) is 0.338. The zero-order valence-corrected chi connectivity index (χ0v) is 18.4. The van der Waals surface area contributed by atoms with E-state index in [1.807, 2.05) is 0 Å². The molecule has 170 valence electrons. The van der Waals surface area contributed by atoms with E-state index in [2.05, 4.69) is 25.7 Å². The molecule has 11 nitrogen and oxygen atoms in total. The van der Waals surface area contributed by atoms with Gasteiger partial charge in [-0.05, 0) is 24.3 Å². The van der Waals surface area contributed by atoms with Gasteiger partial charge in [0, 0.05) is 19.4 Å². The highest BCUT2D eigenvalue weighted by molar-refractivity contribution is 7.87. The standard InChI is InChI=1S/C20H22N4O7S/c1-4-18(26)23-19(24-20(27)30-3)22-16-11-10-14(12-17(16)21-13(2)25)31-32(28,29)15-8-6-5-7-9-15/h5-12H,4H2,1-3H3,(H,21,25)(H2,22,23,24,26,27). The molecule has 0 heterocycles. The first-order valence-electron chi connectivity index (χ1n) is 9.29. The van der Waals surface area contributed by atoms with Gasteiger partial charge in [0.2, 0.25) is 17.8 Å². The molecule has 0 aliphatic rings. The summed E-state index contributed by atoms with van der Waals surface area (Å²) in [5, 5.41) is 7.15. The molecule has 0 aromatic heterocycles. The molecule has 0 saturated carbocycles. The lowest BCUT2D eigenvalue weighted by atomic mass is 10.2. The molecule has 0 radical (unpaired) electrons. The van der Waals surface area contributed by atoms with Crippen LogP contribution in [-0.2, 0) is 24.4 Å². The molecule has 2 rings (SSSR count). The van der Waals surface area contributed by atoms with Gasteiger partial charge in [0.1, 0.15) is 10.6 Å². The lowest BCUT2D eigenvalue weighted by Crippen LogP contribution is -2.43. The van der Waals surface area contributed by atoms with Crippen molar-refractivity contribution in [1.29, 1.82) is 0 Å². The molecule has 0 saturated heterocycles. The summed E-state index contributed by atoms with van der Waals surface area (Å²) in [6.45, 7) is 2.85. The summed E-state index contributed by atoms with van der Waals surface area (Å²) >= 11 is 0. The van der Waals surface area contributed by atoms with Crippen LogP contribution in [0.15, 0.2) is 58.4 Å². The second-order valence-electron chi connectivity index (χ2n) is 6.19. The molecule has 0 fully saturated rings. The van der Waals surface area contributed by atoms with Crippen molar-refractivity contribution in [3.05, 3.63) is 48.5 Å². The minimum Gasteiger partial charge on any atom is -0.453 e. The first-order chi connectivity index (χ1) is 15.1. The number of nitrogens with zero attached hydrogens (tertiary/aromatic N) is 1. The Hall–Kier alpha value is -3.93. The van der Waals surface area contributed by atoms with Gasteiger partial charge in [-0.1, -0.05) is 25.1 Å². The monoisotopic (exact) mass is 462 g/mol. The Morgan fingerprint density at radius 3 is 2.31 bits per heavy atom. The number of aliphatic imine (C=N–C) groups is 1. The molecule has 2 aromatic carbocycles. The molecule has 12 heteroatoms. The molecule has 32 heavy (non-hydrogen) atoms. The molecular formula is C20H22N4O7S. The molecule has 3 N–H and O–H groups in total. The maximum atomic E-state index is 12.5. The van der Waals surface area contributed by atoms with Crippen LogP contribution in [0.4, 0.5) is 16.2 Å². The third-order valence-corrected chi connectivity index (χ3v) is 4.99. The average Bonchev–Trinajstić information content (AvgIpc) is 2.75. The van der Waals surface area contributed by atoms with E-state index in [0.29, 0.717) is 0 Å². The van der Waals surface area contributed by atoms with Crippen LogP contribution < -0.4 is 20.1 Å². The summed E-state index contributed by atoms with van der Waals surface area (Å²) in [4.78, 5) is 39.0. The maximum Gasteiger partial charge on any atom is 0.413 e. The summed E-state index contributed by atoms with van der Waals surface area (Å²) in [6, 6.07) is 11.4. The Bertz CT molecular complexity index is 1110. The van der Waals surface area contributed by atoms with Crippen molar-refractivity contribution in [2.45, 2.75) is 25.2 Å². The van der Waals surface area contributed by atoms with Crippen LogP contribution in [0.25, 0.3) is 0 Å². The van der Waals surface area contributed by atoms with Gasteiger partial charge >= 0.3 is 16.2 Å². The van der Waals surface area contributed by atoms with Gasteiger partial charge in [0.05, 0.1) is 18.5 Å². The van der Waals surface area contributed by atoms with Gasteiger partial charge in [-0.3, -0.25) is 20.2 Å². The largest absolute Gasteiger partial charge is 0.453 e. The normalized spacial score (nSPS) is 11.3. The number of alkyl carbamates (subject to hydrolysis) is 1. The molecule has 0 aliphatic carbocycles. The number of carbonyl (C=O) groups excluding carboxylic acids is 3. The van der Waals surface area contributed by atoms with Crippen LogP contribution in [0.2, 0.25) is 0 Å². The first-order valence-corrected chi connectivity index (χ1v) is 10.7. The van der Waals surface area contributed by atoms with Crippen LogP contribution in [0, 0.1) is 0 Å². The predicted octanol–water partition coefficient (Wildman–Crippen LogP) is 2.28. The molecule has 2 aromatic rings. The van der Waals surface area contributed by atoms with Crippen molar-refractivity contribution in [3.63, 3.8) is 0 Å². The number of benzene rings is 2. The van der Waals surface area contributed by atoms with Gasteiger partial charge in [-0.15, -0.1) is 0 Å². The van der Waals surface area contributed by atoms with Crippen LogP contribution in [-0.4, -0.2) is 39.4 Å². The van der Waals surface area contributed by atoms with Crippen molar-refractivity contribution in [2.75, 3.05) is 12.4 Å². The van der Waals surface area contributed by atoms with E-state index >= 15 is 0 Å². The Kier molecular flexibility index (Phi) is 8.30. The fraction of sp³-hybridized carbons (Fsp3) is 0.200. The van der Waals surface area contributed by atoms with E-state index in [-0.39, 0.29) is 34.4 Å². The minimum absolute atomic E-state index is 0.0463. The number of carbonyl (C=O) groups is 3. The van der Waals surface area contributed by atoms with Crippen molar-refractivity contribution in [3.8, 4) is 5.75 Å². The first kappa shape index (κ1) is 24.3. The van der Waals surface area contributed by atoms with Crippen molar-refractivity contribution < 1.29 is 31.7 Å². The predicted molar refractivity (Wildman–Crippen MR) is 116 cm³/mol. The highest BCUT2D eigenvalue weighted by Crippen LogP contribution is 2.31. The summed E-state index contributed by atoms with van der Waals surface area (Å²) in [5.74, 6) is -1.24. The van der Waals surface area contributed by atoms with E-state index in [1.54, 1.807) is 25.1 Å². The van der Waals surface area contributed by atoms with Gasteiger partial charge in [-0.2, -0.15) is 8.42 Å². The second-order valence-corrected chi connectivity index (χ2v) is 7.74. The number of ether oxygens (including phenoxy) is 1. The average molecular weight is 462 g/mol. The number of hydrogen-bond donors (Lipinski definition) is 3.